The van der Waals surface area contributed by atoms with Crippen LogP contribution in [0.2, 0.25) is 10.0 Å². The lowest BCUT2D eigenvalue weighted by Gasteiger charge is -2.12. The normalized spacial score (nSPS) is 10.8. The van der Waals surface area contributed by atoms with Crippen molar-refractivity contribution in [3.8, 4) is 5.75 Å². The SMILES string of the molecule is C=CCn1c(COc2ccc(Cl)c(C)c2)nnc1SCC(=O)Nc1c(C)cc(C)cc1Cl. The van der Waals surface area contributed by atoms with Gasteiger partial charge in [0.1, 0.15) is 12.4 Å². The average molecular weight is 491 g/mol. The van der Waals surface area contributed by atoms with Crippen molar-refractivity contribution in [1.29, 1.82) is 0 Å². The van der Waals surface area contributed by atoms with E-state index >= 15 is 0 Å². The fraction of sp³-hybridized carbons (Fsp3) is 0.261. The molecular formula is C23H24Cl2N4O2S. The van der Waals surface area contributed by atoms with Crippen molar-refractivity contribution >= 4 is 46.6 Å². The predicted octanol–water partition coefficient (Wildman–Crippen LogP) is 6.01. The molecular weight excluding hydrogens is 467 g/mol. The zero-order valence-electron chi connectivity index (χ0n) is 18.1. The lowest BCUT2D eigenvalue weighted by molar-refractivity contribution is -0.113. The van der Waals surface area contributed by atoms with Crippen LogP contribution in [0.25, 0.3) is 0 Å². The number of carbonyl (C=O) groups excluding carboxylic acids is 1. The molecule has 0 fully saturated rings. The van der Waals surface area contributed by atoms with Crippen molar-refractivity contribution in [1.82, 2.24) is 14.8 Å². The van der Waals surface area contributed by atoms with Crippen molar-refractivity contribution in [3.63, 3.8) is 0 Å². The number of ether oxygens (including phenoxy) is 1. The quantitative estimate of drug-likeness (QED) is 0.294. The number of hydrogen-bond donors (Lipinski definition) is 1. The first kappa shape index (κ1) is 24.2. The molecule has 0 saturated heterocycles. The van der Waals surface area contributed by atoms with E-state index in [1.165, 1.54) is 11.8 Å². The Kier molecular flexibility index (Phi) is 8.23. The van der Waals surface area contributed by atoms with Gasteiger partial charge < -0.3 is 10.1 Å². The summed E-state index contributed by atoms with van der Waals surface area (Å²) in [5.74, 6) is 1.32. The molecule has 0 aliphatic rings. The summed E-state index contributed by atoms with van der Waals surface area (Å²) < 4.78 is 7.72. The van der Waals surface area contributed by atoms with E-state index < -0.39 is 0 Å². The number of benzene rings is 2. The van der Waals surface area contributed by atoms with Crippen LogP contribution in [-0.4, -0.2) is 26.4 Å². The molecule has 3 aromatic rings. The Hall–Kier alpha value is -2.48. The first-order valence-corrected chi connectivity index (χ1v) is 11.6. The molecule has 9 heteroatoms. The Morgan fingerprint density at radius 3 is 2.62 bits per heavy atom. The number of rotatable bonds is 9. The zero-order chi connectivity index (χ0) is 23.3. The zero-order valence-corrected chi connectivity index (χ0v) is 20.4. The highest BCUT2D eigenvalue weighted by Crippen LogP contribution is 2.28. The molecule has 2 aromatic carbocycles. The summed E-state index contributed by atoms with van der Waals surface area (Å²) in [4.78, 5) is 12.5. The third kappa shape index (κ3) is 6.06. The molecule has 6 nitrogen and oxygen atoms in total. The largest absolute Gasteiger partial charge is 0.486 e. The number of allylic oxidation sites excluding steroid dienone is 1. The van der Waals surface area contributed by atoms with Gasteiger partial charge in [-0.25, -0.2) is 0 Å². The lowest BCUT2D eigenvalue weighted by Crippen LogP contribution is -2.16. The lowest BCUT2D eigenvalue weighted by atomic mass is 10.1. The Bertz CT molecular complexity index is 1120. The second-order valence-corrected chi connectivity index (χ2v) is 9.03. The van der Waals surface area contributed by atoms with Gasteiger partial charge in [-0.3, -0.25) is 9.36 Å². The minimum atomic E-state index is -0.175. The Labute approximate surface area is 202 Å². The molecule has 0 saturated carbocycles. The third-order valence-corrected chi connectivity index (χ3v) is 6.32. The predicted molar refractivity (Wildman–Crippen MR) is 131 cm³/mol. The standard InChI is InChI=1S/C23H24Cl2N4O2S/c1-5-8-29-20(12-31-17-6-7-18(24)15(3)11-17)27-28-23(29)32-13-21(30)26-22-16(4)9-14(2)10-19(22)25/h5-7,9-11H,1,8,12-13H2,2-4H3,(H,26,30). The van der Waals surface area contributed by atoms with Crippen LogP contribution >= 0.6 is 35.0 Å². The monoisotopic (exact) mass is 490 g/mol. The summed E-state index contributed by atoms with van der Waals surface area (Å²) in [6, 6.07) is 9.27. The second kappa shape index (κ2) is 10.9. The summed E-state index contributed by atoms with van der Waals surface area (Å²) in [6.45, 7) is 10.3. The molecule has 0 radical (unpaired) electrons. The van der Waals surface area contributed by atoms with Gasteiger partial charge in [0, 0.05) is 11.6 Å². The number of aromatic nitrogens is 3. The van der Waals surface area contributed by atoms with Crippen molar-refractivity contribution in [3.05, 3.63) is 75.5 Å². The van der Waals surface area contributed by atoms with Crippen LogP contribution in [0, 0.1) is 20.8 Å². The van der Waals surface area contributed by atoms with Crippen LogP contribution in [0.1, 0.15) is 22.5 Å². The van der Waals surface area contributed by atoms with Crippen molar-refractivity contribution < 1.29 is 9.53 Å². The van der Waals surface area contributed by atoms with Crippen LogP contribution in [0.4, 0.5) is 5.69 Å². The van der Waals surface area contributed by atoms with E-state index in [9.17, 15) is 4.79 Å². The highest BCUT2D eigenvalue weighted by Gasteiger charge is 2.16. The summed E-state index contributed by atoms with van der Waals surface area (Å²) in [5.41, 5.74) is 3.52. The topological polar surface area (TPSA) is 69.0 Å². The van der Waals surface area contributed by atoms with Crippen LogP contribution in [0.15, 0.2) is 48.1 Å². The number of nitrogens with one attached hydrogen (secondary N) is 1. The number of thioether (sulfide) groups is 1. The van der Waals surface area contributed by atoms with E-state index in [2.05, 4.69) is 22.1 Å². The van der Waals surface area contributed by atoms with Gasteiger partial charge in [0.15, 0.2) is 11.0 Å². The number of hydrogen-bond acceptors (Lipinski definition) is 5. The Morgan fingerprint density at radius 1 is 1.16 bits per heavy atom. The maximum Gasteiger partial charge on any atom is 0.234 e. The Balaban J connectivity index is 1.65. The number of halogens is 2. The van der Waals surface area contributed by atoms with Gasteiger partial charge in [-0.05, 0) is 61.7 Å². The van der Waals surface area contributed by atoms with Gasteiger partial charge in [0.25, 0.3) is 0 Å². The highest BCUT2D eigenvalue weighted by molar-refractivity contribution is 7.99. The second-order valence-electron chi connectivity index (χ2n) is 7.27. The van der Waals surface area contributed by atoms with Crippen molar-refractivity contribution in [2.45, 2.75) is 39.1 Å². The summed E-state index contributed by atoms with van der Waals surface area (Å²) in [5, 5.41) is 13.2. The summed E-state index contributed by atoms with van der Waals surface area (Å²) in [6.07, 6.45) is 1.75. The van der Waals surface area contributed by atoms with Crippen LogP contribution in [0.3, 0.4) is 0 Å². The molecule has 1 N–H and O–H groups in total. The third-order valence-electron chi connectivity index (χ3n) is 4.63. The fourth-order valence-corrected chi connectivity index (χ4v) is 4.33. The number of amides is 1. The van der Waals surface area contributed by atoms with E-state index in [4.69, 9.17) is 27.9 Å². The maximum absolute atomic E-state index is 12.5. The molecule has 3 rings (SSSR count). The summed E-state index contributed by atoms with van der Waals surface area (Å²) >= 11 is 13.6. The van der Waals surface area contributed by atoms with Crippen molar-refractivity contribution in [2.24, 2.45) is 0 Å². The molecule has 1 heterocycles. The molecule has 0 unspecified atom stereocenters. The van der Waals surface area contributed by atoms with Crippen LogP contribution < -0.4 is 10.1 Å². The molecule has 1 aromatic heterocycles. The van der Waals surface area contributed by atoms with Gasteiger partial charge in [-0.2, -0.15) is 0 Å². The van der Waals surface area contributed by atoms with E-state index in [0.29, 0.717) is 39.0 Å². The first-order valence-electron chi connectivity index (χ1n) is 9.89. The number of anilines is 1. The fourth-order valence-electron chi connectivity index (χ4n) is 3.08. The Morgan fingerprint density at radius 2 is 1.94 bits per heavy atom. The minimum Gasteiger partial charge on any atom is -0.486 e. The average Bonchev–Trinajstić information content (AvgIpc) is 3.12. The maximum atomic E-state index is 12.5. The molecule has 0 atom stereocenters. The molecule has 0 spiro atoms. The van der Waals surface area contributed by atoms with Crippen molar-refractivity contribution in [2.75, 3.05) is 11.1 Å². The van der Waals surface area contributed by atoms with Gasteiger partial charge in [-0.1, -0.05) is 47.1 Å². The number of nitrogens with zero attached hydrogens (tertiary/aromatic N) is 3. The highest BCUT2D eigenvalue weighted by atomic mass is 35.5. The number of carbonyl (C=O) groups is 1. The van der Waals surface area contributed by atoms with Gasteiger partial charge >= 0.3 is 0 Å². The van der Waals surface area contributed by atoms with E-state index in [1.54, 1.807) is 12.1 Å². The molecule has 0 aliphatic heterocycles. The summed E-state index contributed by atoms with van der Waals surface area (Å²) in [7, 11) is 0. The van der Waals surface area contributed by atoms with Crippen LogP contribution in [-0.2, 0) is 17.9 Å². The van der Waals surface area contributed by atoms with E-state index in [0.717, 1.165) is 16.7 Å². The first-order chi connectivity index (χ1) is 15.3. The van der Waals surface area contributed by atoms with E-state index in [-0.39, 0.29) is 18.3 Å². The smallest absolute Gasteiger partial charge is 0.234 e. The van der Waals surface area contributed by atoms with Gasteiger partial charge in [-0.15, -0.1) is 16.8 Å². The minimum absolute atomic E-state index is 0.163. The van der Waals surface area contributed by atoms with Gasteiger partial charge in [0.2, 0.25) is 5.91 Å². The molecule has 0 bridgehead atoms. The molecule has 168 valence electrons. The molecule has 32 heavy (non-hydrogen) atoms. The number of aryl methyl sites for hydroxylation is 3. The molecule has 0 aliphatic carbocycles. The van der Waals surface area contributed by atoms with E-state index in [1.807, 2.05) is 49.6 Å². The van der Waals surface area contributed by atoms with Crippen LogP contribution in [0.5, 0.6) is 5.75 Å². The molecule has 1 amide bonds. The van der Waals surface area contributed by atoms with Gasteiger partial charge in [0.05, 0.1) is 16.5 Å².